The van der Waals surface area contributed by atoms with Gasteiger partial charge in [0.05, 0.1) is 5.56 Å². The predicted octanol–water partition coefficient (Wildman–Crippen LogP) is 1.16. The van der Waals surface area contributed by atoms with Crippen molar-refractivity contribution in [2.75, 3.05) is 26.2 Å². The third-order valence-corrected chi connectivity index (χ3v) is 5.01. The van der Waals surface area contributed by atoms with Crippen molar-refractivity contribution >= 4 is 23.2 Å². The number of carbonyl (C=O) groups excluding carboxylic acids is 2. The van der Waals surface area contributed by atoms with Crippen LogP contribution in [0, 0.1) is 5.92 Å². The first-order valence-electron chi connectivity index (χ1n) is 7.50. The summed E-state index contributed by atoms with van der Waals surface area (Å²) in [5, 5.41) is 3.78. The molecule has 2 aliphatic rings. The van der Waals surface area contributed by atoms with Gasteiger partial charge in [0.2, 0.25) is 5.91 Å². The van der Waals surface area contributed by atoms with Gasteiger partial charge in [0.1, 0.15) is 0 Å². The summed E-state index contributed by atoms with van der Waals surface area (Å²) in [6.07, 6.45) is 2.78. The molecule has 21 heavy (non-hydrogen) atoms. The van der Waals surface area contributed by atoms with Crippen molar-refractivity contribution in [1.29, 1.82) is 0 Å². The number of nitrogens with zero attached hydrogens (tertiary/aromatic N) is 2. The molecule has 3 rings (SSSR count). The van der Waals surface area contributed by atoms with Crippen LogP contribution in [-0.2, 0) is 4.79 Å². The van der Waals surface area contributed by atoms with Crippen LogP contribution in [0.1, 0.15) is 29.6 Å². The van der Waals surface area contributed by atoms with Crippen LogP contribution in [0.25, 0.3) is 0 Å². The van der Waals surface area contributed by atoms with E-state index in [1.807, 2.05) is 26.6 Å². The first-order valence-corrected chi connectivity index (χ1v) is 8.44. The van der Waals surface area contributed by atoms with Gasteiger partial charge in [0.15, 0.2) is 0 Å². The molecule has 1 saturated heterocycles. The summed E-state index contributed by atoms with van der Waals surface area (Å²) in [6.45, 7) is 2.45. The van der Waals surface area contributed by atoms with Gasteiger partial charge in [-0.2, -0.15) is 11.3 Å². The lowest BCUT2D eigenvalue weighted by atomic mass is 10.1. The number of amides is 2. The summed E-state index contributed by atoms with van der Waals surface area (Å²) in [4.78, 5) is 28.1. The third kappa shape index (κ3) is 3.44. The molecule has 0 aromatic carbocycles. The number of hydrogen-bond donors (Lipinski definition) is 1. The van der Waals surface area contributed by atoms with E-state index in [1.165, 1.54) is 11.3 Å². The lowest BCUT2D eigenvalue weighted by molar-refractivity contribution is -0.133. The summed E-state index contributed by atoms with van der Waals surface area (Å²) in [5.41, 5.74) is 6.76. The standard InChI is InChI=1S/C15H21N3O2S/c16-13(11-1-2-11)9-14(19)17-4-6-18(7-5-17)15(20)12-3-8-21-10-12/h3,8,10-11,13H,1-2,4-7,9,16H2. The van der Waals surface area contributed by atoms with Gasteiger partial charge in [-0.3, -0.25) is 9.59 Å². The van der Waals surface area contributed by atoms with Crippen molar-refractivity contribution in [1.82, 2.24) is 9.80 Å². The minimum absolute atomic E-state index is 0.0166. The summed E-state index contributed by atoms with van der Waals surface area (Å²) >= 11 is 1.53. The quantitative estimate of drug-likeness (QED) is 0.908. The molecule has 0 bridgehead atoms. The van der Waals surface area contributed by atoms with E-state index in [4.69, 9.17) is 5.73 Å². The Hall–Kier alpha value is -1.40. The Kier molecular flexibility index (Phi) is 4.26. The molecule has 1 unspecified atom stereocenters. The summed E-state index contributed by atoms with van der Waals surface area (Å²) in [6, 6.07) is 1.86. The molecule has 1 aromatic rings. The van der Waals surface area contributed by atoms with Crippen LogP contribution in [0.4, 0.5) is 0 Å². The van der Waals surface area contributed by atoms with E-state index in [2.05, 4.69) is 0 Å². The van der Waals surface area contributed by atoms with Crippen molar-refractivity contribution in [2.24, 2.45) is 11.7 Å². The number of carbonyl (C=O) groups is 2. The van der Waals surface area contributed by atoms with Crippen LogP contribution < -0.4 is 5.73 Å². The number of piperazine rings is 1. The molecule has 2 N–H and O–H groups in total. The highest BCUT2D eigenvalue weighted by atomic mass is 32.1. The molecule has 1 aliphatic carbocycles. The highest BCUT2D eigenvalue weighted by Gasteiger charge is 2.32. The molecule has 1 aromatic heterocycles. The largest absolute Gasteiger partial charge is 0.339 e. The van der Waals surface area contributed by atoms with Crippen LogP contribution in [0.3, 0.4) is 0 Å². The Morgan fingerprint density at radius 1 is 1.24 bits per heavy atom. The zero-order valence-electron chi connectivity index (χ0n) is 12.0. The second kappa shape index (κ2) is 6.15. The number of thiophene rings is 1. The lowest BCUT2D eigenvalue weighted by Gasteiger charge is -2.35. The van der Waals surface area contributed by atoms with Crippen molar-refractivity contribution in [3.8, 4) is 0 Å². The van der Waals surface area contributed by atoms with Crippen molar-refractivity contribution in [2.45, 2.75) is 25.3 Å². The summed E-state index contributed by atoms with van der Waals surface area (Å²) < 4.78 is 0. The minimum atomic E-state index is 0.0166. The van der Waals surface area contributed by atoms with E-state index in [-0.39, 0.29) is 17.9 Å². The second-order valence-electron chi connectivity index (χ2n) is 5.89. The molecule has 1 aliphatic heterocycles. The second-order valence-corrected chi connectivity index (χ2v) is 6.67. The van der Waals surface area contributed by atoms with Gasteiger partial charge in [0.25, 0.3) is 5.91 Å². The fourth-order valence-electron chi connectivity index (χ4n) is 2.75. The third-order valence-electron chi connectivity index (χ3n) is 4.33. The van der Waals surface area contributed by atoms with Gasteiger partial charge < -0.3 is 15.5 Å². The first-order chi connectivity index (χ1) is 10.1. The zero-order chi connectivity index (χ0) is 14.8. The topological polar surface area (TPSA) is 66.6 Å². The SMILES string of the molecule is NC(CC(=O)N1CCN(C(=O)c2ccsc2)CC1)C1CC1. The summed E-state index contributed by atoms with van der Waals surface area (Å²) in [7, 11) is 0. The van der Waals surface area contributed by atoms with E-state index < -0.39 is 0 Å². The monoisotopic (exact) mass is 307 g/mol. The maximum absolute atomic E-state index is 12.2. The Bertz CT molecular complexity index is 505. The number of hydrogen-bond acceptors (Lipinski definition) is 4. The molecule has 1 saturated carbocycles. The minimum Gasteiger partial charge on any atom is -0.339 e. The van der Waals surface area contributed by atoms with E-state index in [0.29, 0.717) is 38.5 Å². The molecular weight excluding hydrogens is 286 g/mol. The Morgan fingerprint density at radius 3 is 2.48 bits per heavy atom. The van der Waals surface area contributed by atoms with Crippen molar-refractivity contribution < 1.29 is 9.59 Å². The Labute approximate surface area is 128 Å². The van der Waals surface area contributed by atoms with Gasteiger partial charge in [-0.25, -0.2) is 0 Å². The van der Waals surface area contributed by atoms with Crippen LogP contribution in [0.2, 0.25) is 0 Å². The molecule has 5 nitrogen and oxygen atoms in total. The van der Waals surface area contributed by atoms with E-state index in [1.54, 1.807) is 0 Å². The van der Waals surface area contributed by atoms with Gasteiger partial charge in [0, 0.05) is 44.0 Å². The molecule has 2 fully saturated rings. The molecule has 6 heteroatoms. The predicted molar refractivity (Wildman–Crippen MR) is 82.1 cm³/mol. The molecule has 0 spiro atoms. The van der Waals surface area contributed by atoms with Gasteiger partial charge in [-0.1, -0.05) is 0 Å². The molecule has 2 amide bonds. The van der Waals surface area contributed by atoms with Gasteiger partial charge in [-0.15, -0.1) is 0 Å². The zero-order valence-corrected chi connectivity index (χ0v) is 12.8. The maximum Gasteiger partial charge on any atom is 0.254 e. The van der Waals surface area contributed by atoms with Crippen LogP contribution >= 0.6 is 11.3 Å². The smallest absolute Gasteiger partial charge is 0.254 e. The molecule has 0 radical (unpaired) electrons. The molecule has 114 valence electrons. The highest BCUT2D eigenvalue weighted by Crippen LogP contribution is 2.33. The van der Waals surface area contributed by atoms with E-state index in [0.717, 1.165) is 18.4 Å². The van der Waals surface area contributed by atoms with E-state index >= 15 is 0 Å². The fraction of sp³-hybridized carbons (Fsp3) is 0.600. The van der Waals surface area contributed by atoms with Crippen LogP contribution in [0.5, 0.6) is 0 Å². The van der Waals surface area contributed by atoms with Crippen molar-refractivity contribution in [3.63, 3.8) is 0 Å². The lowest BCUT2D eigenvalue weighted by Crippen LogP contribution is -2.51. The van der Waals surface area contributed by atoms with Gasteiger partial charge in [-0.05, 0) is 30.2 Å². The fourth-order valence-corrected chi connectivity index (χ4v) is 3.38. The average Bonchev–Trinajstić information content (AvgIpc) is 3.22. The first kappa shape index (κ1) is 14.5. The Morgan fingerprint density at radius 2 is 1.90 bits per heavy atom. The van der Waals surface area contributed by atoms with Crippen LogP contribution in [0.15, 0.2) is 16.8 Å². The summed E-state index contributed by atoms with van der Waals surface area (Å²) in [5.74, 6) is 0.755. The number of nitrogens with two attached hydrogens (primary N) is 1. The average molecular weight is 307 g/mol. The van der Waals surface area contributed by atoms with Crippen molar-refractivity contribution in [3.05, 3.63) is 22.4 Å². The molecule has 1 atom stereocenters. The maximum atomic E-state index is 12.2. The number of rotatable bonds is 4. The molecular formula is C15H21N3O2S. The Balaban J connectivity index is 1.48. The van der Waals surface area contributed by atoms with Gasteiger partial charge >= 0.3 is 0 Å². The normalized spacial score (nSPS) is 20.4. The van der Waals surface area contributed by atoms with Crippen LogP contribution in [-0.4, -0.2) is 53.8 Å². The molecule has 2 heterocycles. The highest BCUT2D eigenvalue weighted by molar-refractivity contribution is 7.08. The van der Waals surface area contributed by atoms with E-state index in [9.17, 15) is 9.59 Å².